The van der Waals surface area contributed by atoms with Gasteiger partial charge in [-0.2, -0.15) is 0 Å². The van der Waals surface area contributed by atoms with Gasteiger partial charge in [0.1, 0.15) is 10.8 Å². The second-order valence-electron chi connectivity index (χ2n) is 3.77. The minimum absolute atomic E-state index is 0.446. The molecule has 2 nitrogen and oxygen atoms in total. The summed E-state index contributed by atoms with van der Waals surface area (Å²) in [4.78, 5) is 0. The van der Waals surface area contributed by atoms with Crippen molar-refractivity contribution in [1.29, 1.82) is 0 Å². The van der Waals surface area contributed by atoms with Crippen molar-refractivity contribution >= 4 is 23.2 Å². The lowest BCUT2D eigenvalue weighted by atomic mass is 9.97. The summed E-state index contributed by atoms with van der Waals surface area (Å²) < 4.78 is 5.10. The van der Waals surface area contributed by atoms with Crippen molar-refractivity contribution in [2.45, 2.75) is 19.8 Å². The summed E-state index contributed by atoms with van der Waals surface area (Å²) in [5.74, 6) is 1.05. The fraction of sp³-hybridized carbons (Fsp3) is 0.500. The highest BCUT2D eigenvalue weighted by molar-refractivity contribution is 6.43. The summed E-state index contributed by atoms with van der Waals surface area (Å²) in [7, 11) is 1.58. The van der Waals surface area contributed by atoms with Crippen LogP contribution in [0, 0.1) is 5.92 Å². The summed E-state index contributed by atoms with van der Waals surface area (Å²) in [6, 6.07) is 3.79. The highest BCUT2D eigenvalue weighted by Gasteiger charge is 2.13. The van der Waals surface area contributed by atoms with Crippen LogP contribution in [-0.2, 0) is 6.42 Å². The fourth-order valence-corrected chi connectivity index (χ4v) is 2.09. The molecule has 0 aliphatic carbocycles. The molecule has 0 saturated heterocycles. The van der Waals surface area contributed by atoms with Crippen LogP contribution in [0.2, 0.25) is 10.0 Å². The number of methoxy groups -OCH3 is 1. The number of nitrogens with two attached hydrogens (primary N) is 1. The number of hydrogen-bond acceptors (Lipinski definition) is 2. The SMILES string of the molecule is CCC(CN)Cc1ccc(OC)c(Cl)c1Cl. The molecule has 1 atom stereocenters. The van der Waals surface area contributed by atoms with E-state index >= 15 is 0 Å². The van der Waals surface area contributed by atoms with Crippen LogP contribution in [0.4, 0.5) is 0 Å². The second kappa shape index (κ2) is 6.33. The Hall–Kier alpha value is -0.440. The van der Waals surface area contributed by atoms with Crippen LogP contribution in [0.1, 0.15) is 18.9 Å². The molecule has 0 aliphatic rings. The third-order valence-corrected chi connectivity index (χ3v) is 3.67. The van der Waals surface area contributed by atoms with Crippen LogP contribution in [-0.4, -0.2) is 13.7 Å². The molecule has 0 spiro atoms. The van der Waals surface area contributed by atoms with Crippen LogP contribution >= 0.6 is 23.2 Å². The van der Waals surface area contributed by atoms with Gasteiger partial charge in [-0.1, -0.05) is 42.6 Å². The van der Waals surface area contributed by atoms with E-state index in [0.717, 1.165) is 18.4 Å². The van der Waals surface area contributed by atoms with E-state index in [0.29, 0.717) is 28.3 Å². The molecule has 0 radical (unpaired) electrons. The normalized spacial score (nSPS) is 12.6. The quantitative estimate of drug-likeness (QED) is 0.881. The molecule has 0 bridgehead atoms. The Morgan fingerprint density at radius 1 is 1.31 bits per heavy atom. The van der Waals surface area contributed by atoms with Crippen LogP contribution in [0.25, 0.3) is 0 Å². The smallest absolute Gasteiger partial charge is 0.138 e. The van der Waals surface area contributed by atoms with Crippen molar-refractivity contribution in [2.24, 2.45) is 11.7 Å². The van der Waals surface area contributed by atoms with Gasteiger partial charge in [-0.05, 0) is 30.5 Å². The van der Waals surface area contributed by atoms with Gasteiger partial charge in [-0.25, -0.2) is 0 Å². The van der Waals surface area contributed by atoms with Gasteiger partial charge in [0.25, 0.3) is 0 Å². The van der Waals surface area contributed by atoms with Gasteiger partial charge >= 0.3 is 0 Å². The third kappa shape index (κ3) is 3.03. The predicted molar refractivity (Wildman–Crippen MR) is 69.6 cm³/mol. The molecule has 1 aromatic rings. The highest BCUT2D eigenvalue weighted by Crippen LogP contribution is 2.35. The average Bonchev–Trinajstić information content (AvgIpc) is 2.31. The molecule has 0 amide bonds. The maximum absolute atomic E-state index is 6.18. The van der Waals surface area contributed by atoms with Crippen LogP contribution in [0.15, 0.2) is 12.1 Å². The summed E-state index contributed by atoms with van der Waals surface area (Å²) in [6.07, 6.45) is 1.89. The zero-order valence-corrected chi connectivity index (χ0v) is 11.1. The van der Waals surface area contributed by atoms with E-state index in [-0.39, 0.29) is 0 Å². The van der Waals surface area contributed by atoms with Gasteiger partial charge in [-0.3, -0.25) is 0 Å². The van der Waals surface area contributed by atoms with Gasteiger partial charge in [0.2, 0.25) is 0 Å². The average molecular weight is 262 g/mol. The van der Waals surface area contributed by atoms with E-state index in [4.69, 9.17) is 33.7 Å². The van der Waals surface area contributed by atoms with Crippen LogP contribution in [0.5, 0.6) is 5.75 Å². The second-order valence-corrected chi connectivity index (χ2v) is 4.52. The zero-order valence-electron chi connectivity index (χ0n) is 9.59. The number of halogens is 2. The maximum atomic E-state index is 6.18. The van der Waals surface area contributed by atoms with E-state index in [9.17, 15) is 0 Å². The van der Waals surface area contributed by atoms with Crippen LogP contribution < -0.4 is 10.5 Å². The Morgan fingerprint density at radius 3 is 2.50 bits per heavy atom. The molecule has 0 fully saturated rings. The monoisotopic (exact) mass is 261 g/mol. The molecular weight excluding hydrogens is 245 g/mol. The number of rotatable bonds is 5. The molecule has 0 aromatic heterocycles. The first-order valence-corrected chi connectivity index (χ1v) is 6.10. The summed E-state index contributed by atoms with van der Waals surface area (Å²) in [5, 5.41) is 1.06. The zero-order chi connectivity index (χ0) is 12.1. The minimum Gasteiger partial charge on any atom is -0.495 e. The molecule has 0 aliphatic heterocycles. The molecule has 0 saturated carbocycles. The highest BCUT2D eigenvalue weighted by atomic mass is 35.5. The Labute approximate surface area is 107 Å². The molecule has 4 heteroatoms. The molecule has 1 unspecified atom stereocenters. The Morgan fingerprint density at radius 2 is 2.00 bits per heavy atom. The summed E-state index contributed by atoms with van der Waals surface area (Å²) in [6.45, 7) is 2.78. The first kappa shape index (κ1) is 13.6. The van der Waals surface area contributed by atoms with E-state index in [1.807, 2.05) is 12.1 Å². The minimum atomic E-state index is 0.446. The Kier molecular flexibility index (Phi) is 5.39. The van der Waals surface area contributed by atoms with Crippen molar-refractivity contribution in [1.82, 2.24) is 0 Å². The van der Waals surface area contributed by atoms with Crippen molar-refractivity contribution in [3.8, 4) is 5.75 Å². The van der Waals surface area contributed by atoms with E-state index < -0.39 is 0 Å². The van der Waals surface area contributed by atoms with Crippen molar-refractivity contribution in [3.05, 3.63) is 27.7 Å². The molecule has 16 heavy (non-hydrogen) atoms. The van der Waals surface area contributed by atoms with E-state index in [1.165, 1.54) is 0 Å². The molecule has 1 aromatic carbocycles. The molecule has 2 N–H and O–H groups in total. The lowest BCUT2D eigenvalue weighted by Gasteiger charge is -2.15. The number of hydrogen-bond donors (Lipinski definition) is 1. The summed E-state index contributed by atoms with van der Waals surface area (Å²) in [5.41, 5.74) is 6.71. The van der Waals surface area contributed by atoms with Crippen LogP contribution in [0.3, 0.4) is 0 Å². The molecule has 90 valence electrons. The first-order chi connectivity index (χ1) is 7.63. The van der Waals surface area contributed by atoms with Gasteiger partial charge < -0.3 is 10.5 Å². The molecule has 0 heterocycles. The molecular formula is C12H17Cl2NO. The van der Waals surface area contributed by atoms with E-state index in [2.05, 4.69) is 6.92 Å². The molecule has 1 rings (SSSR count). The van der Waals surface area contributed by atoms with Crippen molar-refractivity contribution < 1.29 is 4.74 Å². The maximum Gasteiger partial charge on any atom is 0.138 e. The van der Waals surface area contributed by atoms with Gasteiger partial charge in [-0.15, -0.1) is 0 Å². The first-order valence-electron chi connectivity index (χ1n) is 5.34. The Bertz CT molecular complexity index is 351. The van der Waals surface area contributed by atoms with Crippen molar-refractivity contribution in [2.75, 3.05) is 13.7 Å². The lowest BCUT2D eigenvalue weighted by Crippen LogP contribution is -2.16. The van der Waals surface area contributed by atoms with Gasteiger partial charge in [0.15, 0.2) is 0 Å². The largest absolute Gasteiger partial charge is 0.495 e. The Balaban J connectivity index is 2.94. The number of ether oxygens (including phenoxy) is 1. The fourth-order valence-electron chi connectivity index (χ4n) is 1.59. The standard InChI is InChI=1S/C12H17Cl2NO/c1-3-8(7-15)6-9-4-5-10(16-2)12(14)11(9)13/h4-5,8H,3,6-7,15H2,1-2H3. The van der Waals surface area contributed by atoms with Gasteiger partial charge in [0, 0.05) is 0 Å². The van der Waals surface area contributed by atoms with E-state index in [1.54, 1.807) is 7.11 Å². The third-order valence-electron chi connectivity index (χ3n) is 2.77. The summed E-state index contributed by atoms with van der Waals surface area (Å²) >= 11 is 12.3. The predicted octanol–water partition coefficient (Wildman–Crippen LogP) is 3.53. The number of benzene rings is 1. The lowest BCUT2D eigenvalue weighted by molar-refractivity contribution is 0.414. The van der Waals surface area contributed by atoms with Gasteiger partial charge in [0.05, 0.1) is 12.1 Å². The van der Waals surface area contributed by atoms with Crippen molar-refractivity contribution in [3.63, 3.8) is 0 Å². The topological polar surface area (TPSA) is 35.2 Å².